The van der Waals surface area contributed by atoms with E-state index in [2.05, 4.69) is 10.3 Å². The van der Waals surface area contributed by atoms with Crippen LogP contribution in [-0.2, 0) is 4.79 Å². The number of amides is 2. The summed E-state index contributed by atoms with van der Waals surface area (Å²) in [6.45, 7) is 5.57. The van der Waals surface area contributed by atoms with E-state index < -0.39 is 0 Å². The zero-order valence-corrected chi connectivity index (χ0v) is 12.2. The van der Waals surface area contributed by atoms with Gasteiger partial charge in [-0.2, -0.15) is 0 Å². The normalized spacial score (nSPS) is 11.8. The standard InChI is InChI=1S/C14H21N3O2/c1-9-6-12(7-10(2)16-9)14(19)17(5)11(3)8-13(18)15-4/h6-7,11H,8H2,1-5H3,(H,15,18)/t11-/m1/s1. The lowest BCUT2D eigenvalue weighted by Gasteiger charge is -2.24. The number of hydrogen-bond donors (Lipinski definition) is 1. The number of nitrogens with zero attached hydrogens (tertiary/aromatic N) is 2. The second kappa shape index (κ2) is 6.31. The van der Waals surface area contributed by atoms with Gasteiger partial charge in [-0.25, -0.2) is 0 Å². The van der Waals surface area contributed by atoms with Crippen molar-refractivity contribution >= 4 is 11.8 Å². The van der Waals surface area contributed by atoms with Gasteiger partial charge in [-0.15, -0.1) is 0 Å². The third-order valence-electron chi connectivity index (χ3n) is 3.07. The van der Waals surface area contributed by atoms with Crippen LogP contribution in [0, 0.1) is 13.8 Å². The predicted octanol–water partition coefficient (Wildman–Crippen LogP) is 1.30. The molecule has 0 spiro atoms. The van der Waals surface area contributed by atoms with Gasteiger partial charge in [-0.3, -0.25) is 14.6 Å². The van der Waals surface area contributed by atoms with E-state index in [9.17, 15) is 9.59 Å². The van der Waals surface area contributed by atoms with Crippen molar-refractivity contribution in [1.82, 2.24) is 15.2 Å². The molecule has 1 rings (SSSR count). The van der Waals surface area contributed by atoms with Gasteiger partial charge >= 0.3 is 0 Å². The summed E-state index contributed by atoms with van der Waals surface area (Å²) in [6.07, 6.45) is 0.293. The molecule has 19 heavy (non-hydrogen) atoms. The van der Waals surface area contributed by atoms with Crippen LogP contribution in [-0.4, -0.2) is 41.8 Å². The number of hydrogen-bond acceptors (Lipinski definition) is 3. The molecule has 0 aliphatic carbocycles. The molecule has 1 N–H and O–H groups in total. The van der Waals surface area contributed by atoms with Crippen molar-refractivity contribution in [2.45, 2.75) is 33.2 Å². The fourth-order valence-electron chi connectivity index (χ4n) is 1.87. The highest BCUT2D eigenvalue weighted by atomic mass is 16.2. The first kappa shape index (κ1) is 15.1. The Labute approximate surface area is 114 Å². The molecule has 104 valence electrons. The first-order valence-electron chi connectivity index (χ1n) is 6.28. The first-order valence-corrected chi connectivity index (χ1v) is 6.28. The molecule has 0 radical (unpaired) electrons. The highest BCUT2D eigenvalue weighted by Crippen LogP contribution is 2.11. The summed E-state index contributed by atoms with van der Waals surface area (Å²) in [7, 11) is 3.30. The zero-order chi connectivity index (χ0) is 14.6. The lowest BCUT2D eigenvalue weighted by molar-refractivity contribution is -0.121. The molecule has 1 aromatic rings. The van der Waals surface area contributed by atoms with E-state index in [0.717, 1.165) is 11.4 Å². The second-order valence-electron chi connectivity index (χ2n) is 4.78. The first-order chi connectivity index (χ1) is 8.85. The molecule has 0 aromatic carbocycles. The minimum Gasteiger partial charge on any atom is -0.359 e. The Morgan fingerprint density at radius 1 is 1.32 bits per heavy atom. The van der Waals surface area contributed by atoms with Crippen LogP contribution in [0.1, 0.15) is 35.1 Å². The second-order valence-corrected chi connectivity index (χ2v) is 4.78. The quantitative estimate of drug-likeness (QED) is 0.890. The van der Waals surface area contributed by atoms with Crippen molar-refractivity contribution in [3.05, 3.63) is 29.1 Å². The van der Waals surface area contributed by atoms with Crippen LogP contribution in [0.2, 0.25) is 0 Å². The average molecular weight is 263 g/mol. The Hall–Kier alpha value is -1.91. The summed E-state index contributed by atoms with van der Waals surface area (Å²) in [5.41, 5.74) is 2.24. The fraction of sp³-hybridized carbons (Fsp3) is 0.500. The average Bonchev–Trinajstić information content (AvgIpc) is 2.35. The summed E-state index contributed by atoms with van der Waals surface area (Å²) < 4.78 is 0. The van der Waals surface area contributed by atoms with E-state index in [1.54, 1.807) is 31.1 Å². The molecule has 2 amide bonds. The van der Waals surface area contributed by atoms with Crippen LogP contribution in [0.15, 0.2) is 12.1 Å². The number of rotatable bonds is 4. The van der Waals surface area contributed by atoms with Crippen LogP contribution in [0.4, 0.5) is 0 Å². The van der Waals surface area contributed by atoms with Gasteiger partial charge in [-0.05, 0) is 32.9 Å². The van der Waals surface area contributed by atoms with E-state index in [-0.39, 0.29) is 17.9 Å². The van der Waals surface area contributed by atoms with Crippen molar-refractivity contribution < 1.29 is 9.59 Å². The largest absolute Gasteiger partial charge is 0.359 e. The number of nitrogens with one attached hydrogen (secondary N) is 1. The molecular weight excluding hydrogens is 242 g/mol. The smallest absolute Gasteiger partial charge is 0.253 e. The molecule has 0 aliphatic rings. The van der Waals surface area contributed by atoms with Gasteiger partial charge in [0.25, 0.3) is 5.91 Å². The Bertz CT molecular complexity index is 465. The van der Waals surface area contributed by atoms with Gasteiger partial charge in [0.1, 0.15) is 0 Å². The van der Waals surface area contributed by atoms with E-state index in [1.165, 1.54) is 0 Å². The molecule has 0 unspecified atom stereocenters. The van der Waals surface area contributed by atoms with Crippen LogP contribution in [0.5, 0.6) is 0 Å². The van der Waals surface area contributed by atoms with Crippen molar-refractivity contribution in [3.63, 3.8) is 0 Å². The minimum absolute atomic E-state index is 0.0748. The van der Waals surface area contributed by atoms with Crippen LogP contribution >= 0.6 is 0 Å². The summed E-state index contributed by atoms with van der Waals surface area (Å²) in [5.74, 6) is -0.167. The van der Waals surface area contributed by atoms with Gasteiger partial charge in [0.05, 0.1) is 0 Å². The third-order valence-corrected chi connectivity index (χ3v) is 3.07. The molecular formula is C14H21N3O2. The van der Waals surface area contributed by atoms with Gasteiger partial charge < -0.3 is 10.2 Å². The molecule has 0 saturated heterocycles. The number of carbonyl (C=O) groups is 2. The third kappa shape index (κ3) is 4.05. The van der Waals surface area contributed by atoms with Gasteiger partial charge in [0, 0.05) is 43.5 Å². The highest BCUT2D eigenvalue weighted by molar-refractivity contribution is 5.94. The molecule has 0 aliphatic heterocycles. The number of aryl methyl sites for hydroxylation is 2. The molecule has 0 saturated carbocycles. The maximum atomic E-state index is 12.3. The number of pyridine rings is 1. The van der Waals surface area contributed by atoms with Crippen LogP contribution in [0.3, 0.4) is 0 Å². The van der Waals surface area contributed by atoms with Crippen molar-refractivity contribution in [1.29, 1.82) is 0 Å². The summed E-state index contributed by atoms with van der Waals surface area (Å²) >= 11 is 0. The van der Waals surface area contributed by atoms with Crippen LogP contribution < -0.4 is 5.32 Å². The molecule has 0 fully saturated rings. The van der Waals surface area contributed by atoms with Crippen molar-refractivity contribution in [2.75, 3.05) is 14.1 Å². The Morgan fingerprint density at radius 3 is 2.32 bits per heavy atom. The maximum Gasteiger partial charge on any atom is 0.253 e. The van der Waals surface area contributed by atoms with Crippen molar-refractivity contribution in [3.8, 4) is 0 Å². The van der Waals surface area contributed by atoms with E-state index in [4.69, 9.17) is 0 Å². The Balaban J connectivity index is 2.84. The zero-order valence-electron chi connectivity index (χ0n) is 12.2. The lowest BCUT2D eigenvalue weighted by Crippen LogP contribution is -2.38. The monoisotopic (exact) mass is 263 g/mol. The lowest BCUT2D eigenvalue weighted by atomic mass is 10.1. The minimum atomic E-state index is -0.152. The van der Waals surface area contributed by atoms with Gasteiger partial charge in [-0.1, -0.05) is 0 Å². The Morgan fingerprint density at radius 2 is 1.84 bits per heavy atom. The molecule has 1 aromatic heterocycles. The SMILES string of the molecule is CNC(=O)C[C@@H](C)N(C)C(=O)c1cc(C)nc(C)c1. The van der Waals surface area contributed by atoms with Gasteiger partial charge in [0.2, 0.25) is 5.91 Å². The summed E-state index contributed by atoms with van der Waals surface area (Å²) in [4.78, 5) is 29.5. The predicted molar refractivity (Wildman–Crippen MR) is 74.0 cm³/mol. The summed E-state index contributed by atoms with van der Waals surface area (Å²) in [6, 6.07) is 3.37. The molecule has 5 heteroatoms. The van der Waals surface area contributed by atoms with Gasteiger partial charge in [0.15, 0.2) is 0 Å². The summed E-state index contributed by atoms with van der Waals surface area (Å²) in [5, 5.41) is 2.56. The highest BCUT2D eigenvalue weighted by Gasteiger charge is 2.20. The topological polar surface area (TPSA) is 62.3 Å². The fourth-order valence-corrected chi connectivity index (χ4v) is 1.87. The van der Waals surface area contributed by atoms with Crippen molar-refractivity contribution in [2.24, 2.45) is 0 Å². The molecule has 1 atom stereocenters. The number of aromatic nitrogens is 1. The Kier molecular flexibility index (Phi) is 5.03. The van der Waals surface area contributed by atoms with E-state index >= 15 is 0 Å². The number of carbonyl (C=O) groups excluding carboxylic acids is 2. The van der Waals surface area contributed by atoms with E-state index in [0.29, 0.717) is 12.0 Å². The van der Waals surface area contributed by atoms with Crippen LogP contribution in [0.25, 0.3) is 0 Å². The maximum absolute atomic E-state index is 12.3. The molecule has 1 heterocycles. The molecule has 0 bridgehead atoms. The molecule has 5 nitrogen and oxygen atoms in total. The van der Waals surface area contributed by atoms with E-state index in [1.807, 2.05) is 20.8 Å².